The maximum atomic E-state index is 11.8. The van der Waals surface area contributed by atoms with Gasteiger partial charge < -0.3 is 5.32 Å². The summed E-state index contributed by atoms with van der Waals surface area (Å²) in [4.78, 5) is 11.8. The number of carbonyl (C=O) groups excluding carboxylic acids is 1. The summed E-state index contributed by atoms with van der Waals surface area (Å²) in [5, 5.41) is 3.11. The van der Waals surface area contributed by atoms with Gasteiger partial charge in [0.2, 0.25) is 5.91 Å². The average molecular weight is 230 g/mol. The Morgan fingerprint density at radius 3 is 2.73 bits per heavy atom. The van der Waals surface area contributed by atoms with E-state index in [4.69, 9.17) is 11.6 Å². The van der Waals surface area contributed by atoms with Gasteiger partial charge in [0, 0.05) is 17.8 Å². The largest absolute Gasteiger partial charge is 0.353 e. The second-order valence-corrected chi connectivity index (χ2v) is 5.40. The fourth-order valence-electron chi connectivity index (χ4n) is 3.00. The molecule has 2 aliphatic rings. The zero-order chi connectivity index (χ0) is 10.8. The summed E-state index contributed by atoms with van der Waals surface area (Å²) in [6.07, 6.45) is 5.87. The maximum absolute atomic E-state index is 11.8. The van der Waals surface area contributed by atoms with Crippen molar-refractivity contribution in [3.63, 3.8) is 0 Å². The number of nitrogens with one attached hydrogen (secondary N) is 1. The zero-order valence-electron chi connectivity index (χ0n) is 9.34. The molecule has 3 heteroatoms. The highest BCUT2D eigenvalue weighted by Gasteiger charge is 2.56. The summed E-state index contributed by atoms with van der Waals surface area (Å²) in [6.45, 7) is 2.07. The molecule has 0 bridgehead atoms. The first kappa shape index (κ1) is 11.3. The molecular weight excluding hydrogens is 210 g/mol. The summed E-state index contributed by atoms with van der Waals surface area (Å²) in [5.41, 5.74) is 0. The van der Waals surface area contributed by atoms with Crippen LogP contribution in [0, 0.1) is 17.8 Å². The molecule has 2 rings (SSSR count). The molecule has 15 heavy (non-hydrogen) atoms. The van der Waals surface area contributed by atoms with Crippen LogP contribution in [-0.4, -0.2) is 17.8 Å². The van der Waals surface area contributed by atoms with Crippen LogP contribution in [0.4, 0.5) is 0 Å². The highest BCUT2D eigenvalue weighted by atomic mass is 35.5. The van der Waals surface area contributed by atoms with Gasteiger partial charge in [-0.2, -0.15) is 0 Å². The van der Waals surface area contributed by atoms with E-state index in [-0.39, 0.29) is 6.04 Å². The maximum Gasteiger partial charge on any atom is 0.223 e. The summed E-state index contributed by atoms with van der Waals surface area (Å²) >= 11 is 5.62. The summed E-state index contributed by atoms with van der Waals surface area (Å²) < 4.78 is 0. The van der Waals surface area contributed by atoms with Gasteiger partial charge in [-0.05, 0) is 44.4 Å². The van der Waals surface area contributed by atoms with Crippen LogP contribution in [0.3, 0.4) is 0 Å². The summed E-state index contributed by atoms with van der Waals surface area (Å²) in [5.74, 6) is 2.80. The smallest absolute Gasteiger partial charge is 0.223 e. The molecule has 0 spiro atoms. The lowest BCUT2D eigenvalue weighted by molar-refractivity contribution is -0.123. The molecule has 2 saturated carbocycles. The van der Waals surface area contributed by atoms with E-state index in [9.17, 15) is 4.79 Å². The van der Waals surface area contributed by atoms with Crippen molar-refractivity contribution in [2.75, 3.05) is 5.88 Å². The third-order valence-corrected chi connectivity index (χ3v) is 4.14. The number of amides is 1. The highest BCUT2D eigenvalue weighted by Crippen LogP contribution is 2.57. The predicted molar refractivity (Wildman–Crippen MR) is 61.9 cm³/mol. The lowest BCUT2D eigenvalue weighted by atomic mass is 10.1. The van der Waals surface area contributed by atoms with Crippen molar-refractivity contribution in [1.82, 2.24) is 5.32 Å². The molecule has 2 fully saturated rings. The second kappa shape index (κ2) is 4.73. The van der Waals surface area contributed by atoms with E-state index >= 15 is 0 Å². The molecule has 1 N–H and O–H groups in total. The number of hydrogen-bond donors (Lipinski definition) is 1. The molecule has 2 nitrogen and oxygen atoms in total. The standard InChI is InChI=1S/C12H20ClNO/c1-8(4-3-7-13)14-12(15)11-9-5-2-6-10(9)11/h8-11H,2-7H2,1H3,(H,14,15). The SMILES string of the molecule is CC(CCCCl)NC(=O)C1C2CCCC21. The minimum Gasteiger partial charge on any atom is -0.353 e. The Hall–Kier alpha value is -0.240. The number of carbonyl (C=O) groups is 1. The van der Waals surface area contributed by atoms with Gasteiger partial charge in [-0.3, -0.25) is 4.79 Å². The van der Waals surface area contributed by atoms with Gasteiger partial charge in [0.15, 0.2) is 0 Å². The van der Waals surface area contributed by atoms with E-state index in [0.29, 0.717) is 17.7 Å². The van der Waals surface area contributed by atoms with Gasteiger partial charge in [0.25, 0.3) is 0 Å². The van der Waals surface area contributed by atoms with E-state index in [1.165, 1.54) is 19.3 Å². The lowest BCUT2D eigenvalue weighted by Crippen LogP contribution is -2.34. The zero-order valence-corrected chi connectivity index (χ0v) is 10.1. The Kier molecular flexibility index (Phi) is 3.55. The summed E-state index contributed by atoms with van der Waals surface area (Å²) in [7, 11) is 0. The first-order valence-electron chi connectivity index (χ1n) is 6.10. The van der Waals surface area contributed by atoms with Crippen molar-refractivity contribution in [2.45, 2.75) is 45.1 Å². The molecule has 0 aliphatic heterocycles. The molecule has 1 amide bonds. The van der Waals surface area contributed by atoms with Crippen LogP contribution < -0.4 is 5.32 Å². The Morgan fingerprint density at radius 1 is 1.47 bits per heavy atom. The Labute approximate surface area is 96.8 Å². The van der Waals surface area contributed by atoms with Crippen LogP contribution in [0.1, 0.15) is 39.0 Å². The Morgan fingerprint density at radius 2 is 2.13 bits per heavy atom. The molecule has 0 heterocycles. The van der Waals surface area contributed by atoms with E-state index < -0.39 is 0 Å². The van der Waals surface area contributed by atoms with Crippen molar-refractivity contribution in [2.24, 2.45) is 17.8 Å². The third kappa shape index (κ3) is 2.47. The van der Waals surface area contributed by atoms with E-state index in [2.05, 4.69) is 12.2 Å². The van der Waals surface area contributed by atoms with Crippen LogP contribution in [0.25, 0.3) is 0 Å². The fourth-order valence-corrected chi connectivity index (χ4v) is 3.16. The number of halogens is 1. The molecule has 3 atom stereocenters. The van der Waals surface area contributed by atoms with Crippen molar-refractivity contribution in [3.05, 3.63) is 0 Å². The van der Waals surface area contributed by atoms with Gasteiger partial charge in [-0.15, -0.1) is 11.6 Å². The quantitative estimate of drug-likeness (QED) is 0.722. The number of alkyl halides is 1. The monoisotopic (exact) mass is 229 g/mol. The van der Waals surface area contributed by atoms with E-state index in [1.54, 1.807) is 0 Å². The van der Waals surface area contributed by atoms with Gasteiger partial charge in [-0.25, -0.2) is 0 Å². The van der Waals surface area contributed by atoms with Gasteiger partial charge in [0.05, 0.1) is 0 Å². The van der Waals surface area contributed by atoms with Crippen molar-refractivity contribution in [1.29, 1.82) is 0 Å². The van der Waals surface area contributed by atoms with Crippen LogP contribution in [-0.2, 0) is 4.79 Å². The van der Waals surface area contributed by atoms with Crippen LogP contribution in [0.15, 0.2) is 0 Å². The Balaban J connectivity index is 1.69. The first-order chi connectivity index (χ1) is 7.24. The number of rotatable bonds is 5. The normalized spacial score (nSPS) is 34.7. The lowest BCUT2D eigenvalue weighted by Gasteiger charge is -2.13. The van der Waals surface area contributed by atoms with Crippen molar-refractivity contribution >= 4 is 17.5 Å². The minimum absolute atomic E-state index is 0.289. The molecule has 0 aromatic rings. The van der Waals surface area contributed by atoms with Gasteiger partial charge in [-0.1, -0.05) is 6.42 Å². The summed E-state index contributed by atoms with van der Waals surface area (Å²) in [6, 6.07) is 0.289. The number of fused-ring (bicyclic) bond motifs is 1. The molecule has 3 unspecified atom stereocenters. The molecule has 0 aromatic heterocycles. The highest BCUT2D eigenvalue weighted by molar-refractivity contribution is 6.17. The van der Waals surface area contributed by atoms with Crippen molar-refractivity contribution in [3.8, 4) is 0 Å². The molecule has 0 radical (unpaired) electrons. The predicted octanol–water partition coefficient (Wildman–Crippen LogP) is 2.56. The van der Waals surface area contributed by atoms with Gasteiger partial charge in [0.1, 0.15) is 0 Å². The topological polar surface area (TPSA) is 29.1 Å². The molecular formula is C12H20ClNO. The minimum atomic E-state index is 0.289. The van der Waals surface area contributed by atoms with Crippen LogP contribution >= 0.6 is 11.6 Å². The first-order valence-corrected chi connectivity index (χ1v) is 6.64. The Bertz CT molecular complexity index is 234. The molecule has 0 aromatic carbocycles. The van der Waals surface area contributed by atoms with Crippen LogP contribution in [0.5, 0.6) is 0 Å². The second-order valence-electron chi connectivity index (χ2n) is 5.03. The number of hydrogen-bond acceptors (Lipinski definition) is 1. The molecule has 0 saturated heterocycles. The van der Waals surface area contributed by atoms with E-state index in [0.717, 1.165) is 24.7 Å². The molecule has 86 valence electrons. The van der Waals surface area contributed by atoms with Gasteiger partial charge >= 0.3 is 0 Å². The molecule has 2 aliphatic carbocycles. The van der Waals surface area contributed by atoms with Crippen LogP contribution in [0.2, 0.25) is 0 Å². The third-order valence-electron chi connectivity index (χ3n) is 3.87. The van der Waals surface area contributed by atoms with E-state index in [1.807, 2.05) is 0 Å². The van der Waals surface area contributed by atoms with Crippen molar-refractivity contribution < 1.29 is 4.79 Å². The fraction of sp³-hybridized carbons (Fsp3) is 0.917. The average Bonchev–Trinajstić information content (AvgIpc) is 2.70.